The van der Waals surface area contributed by atoms with E-state index >= 15 is 0 Å². The number of para-hydroxylation sites is 1. The van der Waals surface area contributed by atoms with Crippen LogP contribution in [0.3, 0.4) is 0 Å². The van der Waals surface area contributed by atoms with Gasteiger partial charge in [0.15, 0.2) is 0 Å². The molecule has 0 spiro atoms. The third kappa shape index (κ3) is 2.66. The van der Waals surface area contributed by atoms with Gasteiger partial charge >= 0.3 is 0 Å². The van der Waals surface area contributed by atoms with E-state index in [1.54, 1.807) is 6.07 Å². The van der Waals surface area contributed by atoms with Gasteiger partial charge in [-0.3, -0.25) is 0 Å². The minimum absolute atomic E-state index is 0.112. The Kier molecular flexibility index (Phi) is 3.56. The molecular formula is C16H15BrFN. The van der Waals surface area contributed by atoms with Crippen molar-refractivity contribution in [3.8, 4) is 0 Å². The maximum absolute atomic E-state index is 13.9. The van der Waals surface area contributed by atoms with Gasteiger partial charge < -0.3 is 5.32 Å². The van der Waals surface area contributed by atoms with E-state index in [0.717, 1.165) is 29.4 Å². The molecule has 2 aromatic rings. The van der Waals surface area contributed by atoms with Crippen LogP contribution in [-0.2, 0) is 6.42 Å². The smallest absolute Gasteiger partial charge is 0.126 e. The third-order valence-electron chi connectivity index (χ3n) is 3.68. The second-order valence-electron chi connectivity index (χ2n) is 4.94. The van der Waals surface area contributed by atoms with Crippen LogP contribution in [0.4, 0.5) is 10.1 Å². The lowest BCUT2D eigenvalue weighted by molar-refractivity contribution is 0.571. The van der Waals surface area contributed by atoms with Gasteiger partial charge in [-0.05, 0) is 54.2 Å². The normalized spacial score (nSPS) is 17.7. The largest absolute Gasteiger partial charge is 0.385 e. The van der Waals surface area contributed by atoms with Crippen LogP contribution in [0.25, 0.3) is 0 Å². The van der Waals surface area contributed by atoms with Gasteiger partial charge in [0.2, 0.25) is 0 Å². The third-order valence-corrected chi connectivity index (χ3v) is 4.18. The van der Waals surface area contributed by atoms with Crippen molar-refractivity contribution >= 4 is 21.6 Å². The van der Waals surface area contributed by atoms with Gasteiger partial charge in [0.25, 0.3) is 0 Å². The highest BCUT2D eigenvalue weighted by atomic mass is 79.9. The van der Waals surface area contributed by atoms with E-state index in [9.17, 15) is 4.39 Å². The monoisotopic (exact) mass is 319 g/mol. The first kappa shape index (κ1) is 12.7. The van der Waals surface area contributed by atoms with Crippen LogP contribution in [0, 0.1) is 5.82 Å². The minimum Gasteiger partial charge on any atom is -0.385 e. The second kappa shape index (κ2) is 5.33. The Hall–Kier alpha value is -1.35. The lowest BCUT2D eigenvalue weighted by Crippen LogP contribution is -2.18. The van der Waals surface area contributed by atoms with E-state index in [0.29, 0.717) is 5.92 Å². The quantitative estimate of drug-likeness (QED) is 0.843. The minimum atomic E-state index is -0.112. The number of nitrogens with one attached hydrogen (secondary N) is 1. The Labute approximate surface area is 121 Å². The van der Waals surface area contributed by atoms with Crippen molar-refractivity contribution in [1.29, 1.82) is 0 Å². The fourth-order valence-electron chi connectivity index (χ4n) is 2.73. The van der Waals surface area contributed by atoms with Crippen molar-refractivity contribution in [3.05, 3.63) is 63.9 Å². The van der Waals surface area contributed by atoms with Gasteiger partial charge in [0.05, 0.1) is 0 Å². The fraction of sp³-hybridized carbons (Fsp3) is 0.250. The van der Waals surface area contributed by atoms with Gasteiger partial charge in [-0.25, -0.2) is 4.39 Å². The summed E-state index contributed by atoms with van der Waals surface area (Å²) < 4.78 is 14.8. The molecule has 0 aromatic heterocycles. The molecular weight excluding hydrogens is 305 g/mol. The van der Waals surface area contributed by atoms with E-state index in [-0.39, 0.29) is 5.82 Å². The Morgan fingerprint density at radius 2 is 2.05 bits per heavy atom. The predicted octanol–water partition coefficient (Wildman–Crippen LogP) is 4.73. The number of rotatable bonds is 2. The van der Waals surface area contributed by atoms with Crippen LogP contribution >= 0.6 is 15.9 Å². The molecule has 0 fully saturated rings. The lowest BCUT2D eigenvalue weighted by Gasteiger charge is -2.27. The van der Waals surface area contributed by atoms with Crippen LogP contribution in [0.5, 0.6) is 0 Å². The van der Waals surface area contributed by atoms with Gasteiger partial charge in [0.1, 0.15) is 5.82 Å². The van der Waals surface area contributed by atoms with Crippen molar-refractivity contribution < 1.29 is 4.39 Å². The number of hydrogen-bond acceptors (Lipinski definition) is 1. The van der Waals surface area contributed by atoms with E-state index in [2.05, 4.69) is 39.4 Å². The standard InChI is InChI=1S/C16H15BrFN/c17-13-5-6-15(18)12(10-13)9-11-7-8-19-16-4-2-1-3-14(11)16/h1-6,10-11,19H,7-9H2. The number of halogens is 2. The highest BCUT2D eigenvalue weighted by molar-refractivity contribution is 9.10. The molecule has 3 heteroatoms. The topological polar surface area (TPSA) is 12.0 Å². The molecule has 0 radical (unpaired) electrons. The summed E-state index contributed by atoms with van der Waals surface area (Å²) in [6, 6.07) is 13.5. The summed E-state index contributed by atoms with van der Waals surface area (Å²) in [5.74, 6) is 0.278. The van der Waals surface area contributed by atoms with E-state index in [1.165, 1.54) is 17.3 Å². The fourth-order valence-corrected chi connectivity index (χ4v) is 3.14. The molecule has 1 aliphatic rings. The molecule has 1 atom stereocenters. The van der Waals surface area contributed by atoms with Gasteiger partial charge in [-0.1, -0.05) is 34.1 Å². The molecule has 3 rings (SSSR count). The van der Waals surface area contributed by atoms with Crippen molar-refractivity contribution in [2.45, 2.75) is 18.8 Å². The lowest BCUT2D eigenvalue weighted by atomic mass is 9.86. The van der Waals surface area contributed by atoms with Crippen molar-refractivity contribution in [1.82, 2.24) is 0 Å². The number of anilines is 1. The summed E-state index contributed by atoms with van der Waals surface area (Å²) in [7, 11) is 0. The average molecular weight is 320 g/mol. The number of hydrogen-bond donors (Lipinski definition) is 1. The Morgan fingerprint density at radius 1 is 1.21 bits per heavy atom. The van der Waals surface area contributed by atoms with E-state index in [1.807, 2.05) is 12.1 Å². The van der Waals surface area contributed by atoms with E-state index in [4.69, 9.17) is 0 Å². The maximum Gasteiger partial charge on any atom is 0.126 e. The van der Waals surface area contributed by atoms with Crippen LogP contribution in [-0.4, -0.2) is 6.54 Å². The van der Waals surface area contributed by atoms with Crippen LogP contribution in [0.2, 0.25) is 0 Å². The highest BCUT2D eigenvalue weighted by Crippen LogP contribution is 2.34. The van der Waals surface area contributed by atoms with Gasteiger partial charge in [0, 0.05) is 16.7 Å². The molecule has 0 saturated heterocycles. The zero-order chi connectivity index (χ0) is 13.2. The van der Waals surface area contributed by atoms with Crippen molar-refractivity contribution in [2.24, 2.45) is 0 Å². The number of benzene rings is 2. The van der Waals surface area contributed by atoms with Crippen LogP contribution in [0.15, 0.2) is 46.9 Å². The molecule has 98 valence electrons. The summed E-state index contributed by atoms with van der Waals surface area (Å²) in [6.45, 7) is 0.956. The molecule has 19 heavy (non-hydrogen) atoms. The Bertz CT molecular complexity index is 597. The van der Waals surface area contributed by atoms with Crippen LogP contribution in [0.1, 0.15) is 23.5 Å². The molecule has 1 heterocycles. The average Bonchev–Trinajstić information content (AvgIpc) is 2.43. The summed E-state index contributed by atoms with van der Waals surface area (Å²) >= 11 is 3.41. The molecule has 0 aliphatic carbocycles. The molecule has 0 amide bonds. The summed E-state index contributed by atoms with van der Waals surface area (Å²) in [5, 5.41) is 3.40. The summed E-state index contributed by atoms with van der Waals surface area (Å²) in [4.78, 5) is 0. The molecule has 2 aromatic carbocycles. The molecule has 1 aliphatic heterocycles. The maximum atomic E-state index is 13.9. The highest BCUT2D eigenvalue weighted by Gasteiger charge is 2.21. The molecule has 1 nitrogen and oxygen atoms in total. The first-order valence-electron chi connectivity index (χ1n) is 6.51. The zero-order valence-corrected chi connectivity index (χ0v) is 12.1. The predicted molar refractivity (Wildman–Crippen MR) is 80.1 cm³/mol. The molecule has 1 unspecified atom stereocenters. The Morgan fingerprint density at radius 3 is 2.95 bits per heavy atom. The van der Waals surface area contributed by atoms with Crippen molar-refractivity contribution in [2.75, 3.05) is 11.9 Å². The first-order chi connectivity index (χ1) is 9.24. The van der Waals surface area contributed by atoms with E-state index < -0.39 is 0 Å². The zero-order valence-electron chi connectivity index (χ0n) is 10.5. The molecule has 0 bridgehead atoms. The summed E-state index contributed by atoms with van der Waals surface area (Å²) in [5.41, 5.74) is 3.28. The SMILES string of the molecule is Fc1ccc(Br)cc1CC1CCNc2ccccc21. The molecule has 0 saturated carbocycles. The summed E-state index contributed by atoms with van der Waals surface area (Å²) in [6.07, 6.45) is 1.80. The second-order valence-corrected chi connectivity index (χ2v) is 5.86. The first-order valence-corrected chi connectivity index (χ1v) is 7.30. The van der Waals surface area contributed by atoms with Crippen LogP contribution < -0.4 is 5.32 Å². The van der Waals surface area contributed by atoms with Gasteiger partial charge in [-0.2, -0.15) is 0 Å². The molecule has 1 N–H and O–H groups in total. The Balaban J connectivity index is 1.90. The number of fused-ring (bicyclic) bond motifs is 1. The van der Waals surface area contributed by atoms with Crippen molar-refractivity contribution in [3.63, 3.8) is 0 Å². The van der Waals surface area contributed by atoms with Gasteiger partial charge in [-0.15, -0.1) is 0 Å².